The average molecular weight is 765 g/mol. The number of nitrogens with zero attached hydrogens (tertiary/aromatic N) is 6. The molecular weight excluding hydrogens is 718 g/mol. The number of alkyl halides is 2. The van der Waals surface area contributed by atoms with Crippen LogP contribution in [0.3, 0.4) is 0 Å². The Balaban J connectivity index is 0.00000229. The van der Waals surface area contributed by atoms with Gasteiger partial charge >= 0.3 is 0 Å². The summed E-state index contributed by atoms with van der Waals surface area (Å²) in [4.78, 5) is 10.9. The molecule has 8 nitrogen and oxygen atoms in total. The quantitative estimate of drug-likeness (QED) is 0.138. The second kappa shape index (κ2) is 17.1. The van der Waals surface area contributed by atoms with Crippen molar-refractivity contribution in [2.75, 3.05) is 49.1 Å². The Morgan fingerprint density at radius 1 is 0.727 bits per heavy atom. The zero-order valence-corrected chi connectivity index (χ0v) is 32.3. The molecule has 8 rings (SSSR count). The van der Waals surface area contributed by atoms with Crippen molar-refractivity contribution in [3.63, 3.8) is 0 Å². The van der Waals surface area contributed by atoms with Crippen LogP contribution in [-0.2, 0) is 20.3 Å². The number of rotatable bonds is 10. The largest absolute Gasteiger partial charge is 0.473 e. The van der Waals surface area contributed by atoms with Crippen LogP contribution in [0.15, 0.2) is 115 Å². The highest BCUT2D eigenvalue weighted by Crippen LogP contribution is 2.39. The number of piperidine rings is 1. The van der Waals surface area contributed by atoms with Crippen molar-refractivity contribution >= 4 is 33.9 Å². The number of hydrogen-bond acceptors (Lipinski definition) is 7. The van der Waals surface area contributed by atoms with Crippen molar-refractivity contribution < 1.29 is 18.3 Å². The summed E-state index contributed by atoms with van der Waals surface area (Å²) in [6.07, 6.45) is 0.398. The van der Waals surface area contributed by atoms with Crippen molar-refractivity contribution in [3.05, 3.63) is 131 Å². The van der Waals surface area contributed by atoms with E-state index in [4.69, 9.17) is 31.2 Å². The molecule has 0 bridgehead atoms. The molecule has 286 valence electrons. The normalized spacial score (nSPS) is 17.1. The molecule has 2 fully saturated rings. The third-order valence-electron chi connectivity index (χ3n) is 10.2. The van der Waals surface area contributed by atoms with E-state index in [2.05, 4.69) is 17.0 Å². The van der Waals surface area contributed by atoms with Crippen molar-refractivity contribution in [3.8, 4) is 23.0 Å². The van der Waals surface area contributed by atoms with E-state index in [1.54, 1.807) is 17.0 Å². The molecule has 2 saturated heterocycles. The van der Waals surface area contributed by atoms with Crippen LogP contribution >= 0.6 is 11.6 Å². The smallest absolute Gasteiger partial charge is 0.280 e. The van der Waals surface area contributed by atoms with Gasteiger partial charge in [0.1, 0.15) is 18.9 Å². The molecule has 2 aliphatic heterocycles. The van der Waals surface area contributed by atoms with Gasteiger partial charge in [0.2, 0.25) is 11.8 Å². The van der Waals surface area contributed by atoms with E-state index < -0.39 is 12.0 Å². The number of halogens is 3. The lowest BCUT2D eigenvalue weighted by Crippen LogP contribution is -2.62. The van der Waals surface area contributed by atoms with Gasteiger partial charge in [-0.3, -0.25) is 9.58 Å². The third-order valence-corrected chi connectivity index (χ3v) is 10.5. The molecule has 2 aliphatic rings. The van der Waals surface area contributed by atoms with Crippen LogP contribution in [0.5, 0.6) is 11.8 Å². The van der Waals surface area contributed by atoms with E-state index in [-0.39, 0.29) is 6.54 Å². The standard InChI is InChI=1S/C42H41ClF2N6O2.C2H6/c1-48-40-34(39(47-48)35-19-20-38(52-27-30-9-4-2-5-10-30)46-41(35)53-28-31-11-6-3-7-12-31)13-8-14-36(40)49-23-25-50(26-24-49)37-21-22-51(29-42(37,44)45)33-17-15-32(43)16-18-33;1-2/h2-20,37H,21-29H2,1H3;1-2H3. The SMILES string of the molecule is CC.Cn1nc(-c2ccc(OCc3ccccc3)nc2OCc2ccccc2)c2cccc(N3CCN(C4CCN(c5ccc(Cl)cc5)CC4(F)F)CC3)c21. The fraction of sp³-hybridized carbons (Fsp3) is 0.318. The van der Waals surface area contributed by atoms with Crippen molar-refractivity contribution in [1.82, 2.24) is 19.7 Å². The summed E-state index contributed by atoms with van der Waals surface area (Å²) in [7, 11) is 1.94. The minimum Gasteiger partial charge on any atom is -0.473 e. The number of aryl methyl sites for hydroxylation is 1. The van der Waals surface area contributed by atoms with E-state index in [1.807, 2.05) is 121 Å². The summed E-state index contributed by atoms with van der Waals surface area (Å²) in [5.74, 6) is -1.95. The van der Waals surface area contributed by atoms with Gasteiger partial charge in [0.05, 0.1) is 29.4 Å². The molecule has 1 unspecified atom stereocenters. The van der Waals surface area contributed by atoms with E-state index in [9.17, 15) is 0 Å². The number of hydrogen-bond donors (Lipinski definition) is 0. The van der Waals surface area contributed by atoms with Gasteiger partial charge in [0, 0.05) is 61.9 Å². The van der Waals surface area contributed by atoms with Crippen LogP contribution in [0, 0.1) is 0 Å². The number of para-hydroxylation sites is 1. The van der Waals surface area contributed by atoms with E-state index in [0.29, 0.717) is 69.1 Å². The van der Waals surface area contributed by atoms with Gasteiger partial charge in [0.25, 0.3) is 5.92 Å². The molecular formula is C44H47ClF2N6O2. The molecule has 6 aromatic rings. The summed E-state index contributed by atoms with van der Waals surface area (Å²) in [5, 5.41) is 6.56. The highest BCUT2D eigenvalue weighted by molar-refractivity contribution is 6.30. The molecule has 0 N–H and O–H groups in total. The summed E-state index contributed by atoms with van der Waals surface area (Å²) >= 11 is 6.03. The molecule has 11 heteroatoms. The second-order valence-corrected chi connectivity index (χ2v) is 14.1. The van der Waals surface area contributed by atoms with Crippen LogP contribution < -0.4 is 19.3 Å². The average Bonchev–Trinajstić information content (AvgIpc) is 3.56. The van der Waals surface area contributed by atoms with Gasteiger partial charge in [-0.1, -0.05) is 98.2 Å². The Morgan fingerprint density at radius 2 is 1.38 bits per heavy atom. The Kier molecular flexibility index (Phi) is 11.8. The Labute approximate surface area is 326 Å². The molecule has 4 aromatic carbocycles. The molecule has 0 radical (unpaired) electrons. The Morgan fingerprint density at radius 3 is 2.04 bits per heavy atom. The first kappa shape index (κ1) is 38.1. The predicted octanol–water partition coefficient (Wildman–Crippen LogP) is 9.51. The van der Waals surface area contributed by atoms with Crippen LogP contribution in [-0.4, -0.2) is 70.9 Å². The van der Waals surface area contributed by atoms with Crippen molar-refractivity contribution in [1.29, 1.82) is 0 Å². The summed E-state index contributed by atoms with van der Waals surface area (Å²) < 4.78 is 45.7. The zero-order valence-electron chi connectivity index (χ0n) is 31.5. The third kappa shape index (κ3) is 8.56. The summed E-state index contributed by atoms with van der Waals surface area (Å²) in [5.41, 5.74) is 6.34. The van der Waals surface area contributed by atoms with E-state index in [1.165, 1.54) is 0 Å². The zero-order chi connectivity index (χ0) is 38.4. The molecule has 0 aliphatic carbocycles. The molecule has 1 atom stereocenters. The molecule has 4 heterocycles. The second-order valence-electron chi connectivity index (χ2n) is 13.7. The Bertz CT molecular complexity index is 2160. The van der Waals surface area contributed by atoms with Gasteiger partial charge in [-0.2, -0.15) is 10.1 Å². The lowest BCUT2D eigenvalue weighted by molar-refractivity contribution is -0.0891. The first-order chi connectivity index (χ1) is 26.8. The highest BCUT2D eigenvalue weighted by Gasteiger charge is 2.48. The van der Waals surface area contributed by atoms with Gasteiger partial charge in [0.15, 0.2) is 0 Å². The van der Waals surface area contributed by atoms with Crippen LogP contribution in [0.2, 0.25) is 5.02 Å². The molecule has 0 saturated carbocycles. The monoisotopic (exact) mass is 764 g/mol. The van der Waals surface area contributed by atoms with Crippen molar-refractivity contribution in [2.24, 2.45) is 7.05 Å². The maximum Gasteiger partial charge on any atom is 0.280 e. The maximum atomic E-state index is 15.7. The number of anilines is 2. The Hall–Kier alpha value is -5.19. The number of aromatic nitrogens is 3. The van der Waals surface area contributed by atoms with Gasteiger partial charge in [-0.05, 0) is 53.9 Å². The van der Waals surface area contributed by atoms with Gasteiger partial charge < -0.3 is 19.3 Å². The van der Waals surface area contributed by atoms with Crippen molar-refractivity contribution in [2.45, 2.75) is 45.4 Å². The lowest BCUT2D eigenvalue weighted by Gasteiger charge is -2.47. The topological polar surface area (TPSA) is 58.9 Å². The van der Waals surface area contributed by atoms with E-state index >= 15 is 8.78 Å². The number of pyridine rings is 1. The van der Waals surface area contributed by atoms with Gasteiger partial charge in [-0.25, -0.2) is 8.78 Å². The molecule has 55 heavy (non-hydrogen) atoms. The first-order valence-corrected chi connectivity index (χ1v) is 19.4. The minimum absolute atomic E-state index is 0.303. The predicted molar refractivity (Wildman–Crippen MR) is 218 cm³/mol. The van der Waals surface area contributed by atoms with Crippen LogP contribution in [0.4, 0.5) is 20.2 Å². The molecule has 2 aromatic heterocycles. The lowest BCUT2D eigenvalue weighted by atomic mass is 9.97. The van der Waals surface area contributed by atoms with Gasteiger partial charge in [-0.15, -0.1) is 0 Å². The summed E-state index contributed by atoms with van der Waals surface area (Å²) in [6.45, 7) is 7.36. The summed E-state index contributed by atoms with van der Waals surface area (Å²) in [6, 6.07) is 36.3. The fourth-order valence-corrected chi connectivity index (χ4v) is 7.67. The number of fused-ring (bicyclic) bond motifs is 1. The number of ether oxygens (including phenoxy) is 2. The van der Waals surface area contributed by atoms with E-state index in [0.717, 1.165) is 44.7 Å². The van der Waals surface area contributed by atoms with Crippen LogP contribution in [0.25, 0.3) is 22.2 Å². The number of benzene rings is 4. The molecule has 0 amide bonds. The minimum atomic E-state index is -2.84. The maximum absolute atomic E-state index is 15.7. The highest BCUT2D eigenvalue weighted by atomic mass is 35.5. The number of piperazine rings is 1. The molecule has 0 spiro atoms. The van der Waals surface area contributed by atoms with Crippen LogP contribution in [0.1, 0.15) is 31.4 Å². The first-order valence-electron chi connectivity index (χ1n) is 19.0. The fourth-order valence-electron chi connectivity index (χ4n) is 7.55.